The molecule has 1 aromatic heterocycles. The van der Waals surface area contributed by atoms with Gasteiger partial charge in [-0.2, -0.15) is 0 Å². The Labute approximate surface area is 143 Å². The summed E-state index contributed by atoms with van der Waals surface area (Å²) in [5.74, 6) is -0.0696. The number of aryl methyl sites for hydroxylation is 1. The molecule has 0 saturated carbocycles. The van der Waals surface area contributed by atoms with Crippen LogP contribution in [0.4, 0.5) is 4.39 Å². The number of carbonyl (C=O) groups excluding carboxylic acids is 1. The van der Waals surface area contributed by atoms with Gasteiger partial charge in [0.05, 0.1) is 0 Å². The fraction of sp³-hybridized carbons (Fsp3) is 0.111. The molecule has 24 heavy (non-hydrogen) atoms. The Morgan fingerprint density at radius 1 is 1.21 bits per heavy atom. The lowest BCUT2D eigenvalue weighted by molar-refractivity contribution is 0.0941. The van der Waals surface area contributed by atoms with E-state index in [1.165, 1.54) is 24.3 Å². The fourth-order valence-corrected chi connectivity index (χ4v) is 2.71. The van der Waals surface area contributed by atoms with Gasteiger partial charge in [-0.1, -0.05) is 29.8 Å². The highest BCUT2D eigenvalue weighted by Gasteiger charge is 2.23. The van der Waals surface area contributed by atoms with Crippen LogP contribution in [0.1, 0.15) is 27.8 Å². The van der Waals surface area contributed by atoms with Crippen molar-refractivity contribution in [1.29, 1.82) is 0 Å². The molecule has 1 amide bonds. The van der Waals surface area contributed by atoms with E-state index in [2.05, 4.69) is 10.3 Å². The zero-order valence-electron chi connectivity index (χ0n) is 12.9. The predicted octanol–water partition coefficient (Wildman–Crippen LogP) is 3.73. The predicted molar refractivity (Wildman–Crippen MR) is 90.4 cm³/mol. The maximum atomic E-state index is 13.0. The van der Waals surface area contributed by atoms with E-state index in [1.807, 2.05) is 29.8 Å². The van der Waals surface area contributed by atoms with Crippen LogP contribution in [-0.4, -0.2) is 15.5 Å². The highest BCUT2D eigenvalue weighted by Crippen LogP contribution is 2.27. The summed E-state index contributed by atoms with van der Waals surface area (Å²) in [5, 5.41) is 3.46. The van der Waals surface area contributed by atoms with Crippen molar-refractivity contribution in [3.05, 3.63) is 88.7 Å². The van der Waals surface area contributed by atoms with Crippen molar-refractivity contribution >= 4 is 17.5 Å². The van der Waals surface area contributed by atoms with E-state index >= 15 is 0 Å². The van der Waals surface area contributed by atoms with Gasteiger partial charge in [-0.05, 0) is 30.3 Å². The van der Waals surface area contributed by atoms with Crippen molar-refractivity contribution in [3.63, 3.8) is 0 Å². The molecular formula is C18H15ClFN3O. The second-order valence-electron chi connectivity index (χ2n) is 5.33. The number of benzene rings is 2. The molecular weight excluding hydrogens is 329 g/mol. The van der Waals surface area contributed by atoms with Gasteiger partial charge < -0.3 is 9.88 Å². The van der Waals surface area contributed by atoms with Crippen LogP contribution in [0.25, 0.3) is 0 Å². The molecule has 0 radical (unpaired) electrons. The molecule has 0 spiro atoms. The lowest BCUT2D eigenvalue weighted by Gasteiger charge is -2.20. The maximum Gasteiger partial charge on any atom is 0.252 e. The number of rotatable bonds is 4. The third-order valence-corrected chi connectivity index (χ3v) is 4.06. The minimum atomic E-state index is -0.517. The Morgan fingerprint density at radius 2 is 1.92 bits per heavy atom. The molecule has 2 aromatic carbocycles. The van der Waals surface area contributed by atoms with Gasteiger partial charge in [0.25, 0.3) is 5.91 Å². The zero-order valence-corrected chi connectivity index (χ0v) is 13.7. The Hall–Kier alpha value is -2.66. The third kappa shape index (κ3) is 3.31. The van der Waals surface area contributed by atoms with Crippen molar-refractivity contribution in [2.24, 2.45) is 7.05 Å². The molecule has 0 aliphatic carbocycles. The molecule has 0 saturated heterocycles. The average molecular weight is 344 g/mol. The SMILES string of the molecule is Cn1ccnc1C(NC(=O)c1ccc(F)cc1)c1ccccc1Cl. The van der Waals surface area contributed by atoms with E-state index < -0.39 is 11.9 Å². The number of amides is 1. The number of hydrogen-bond acceptors (Lipinski definition) is 2. The van der Waals surface area contributed by atoms with Gasteiger partial charge in [-0.15, -0.1) is 0 Å². The first kappa shape index (κ1) is 16.2. The number of halogens is 2. The summed E-state index contributed by atoms with van der Waals surface area (Å²) in [7, 11) is 1.84. The quantitative estimate of drug-likeness (QED) is 0.784. The Morgan fingerprint density at radius 3 is 2.54 bits per heavy atom. The smallest absolute Gasteiger partial charge is 0.252 e. The van der Waals surface area contributed by atoms with Crippen molar-refractivity contribution < 1.29 is 9.18 Å². The summed E-state index contributed by atoms with van der Waals surface area (Å²) < 4.78 is 14.9. The number of nitrogens with zero attached hydrogens (tertiary/aromatic N) is 2. The lowest BCUT2D eigenvalue weighted by Crippen LogP contribution is -2.31. The zero-order chi connectivity index (χ0) is 17.1. The molecule has 122 valence electrons. The highest BCUT2D eigenvalue weighted by atomic mass is 35.5. The van der Waals surface area contributed by atoms with E-state index in [1.54, 1.807) is 18.5 Å². The van der Waals surface area contributed by atoms with Gasteiger partial charge in [0.15, 0.2) is 0 Å². The molecule has 3 aromatic rings. The van der Waals surface area contributed by atoms with E-state index in [4.69, 9.17) is 11.6 Å². The summed E-state index contributed by atoms with van der Waals surface area (Å²) in [6.45, 7) is 0. The molecule has 1 unspecified atom stereocenters. The van der Waals surface area contributed by atoms with Crippen LogP contribution in [0.15, 0.2) is 60.9 Å². The first-order chi connectivity index (χ1) is 11.6. The van der Waals surface area contributed by atoms with E-state index in [-0.39, 0.29) is 5.91 Å². The van der Waals surface area contributed by atoms with Gasteiger partial charge in [0.2, 0.25) is 0 Å². The first-order valence-electron chi connectivity index (χ1n) is 7.34. The van der Waals surface area contributed by atoms with Gasteiger partial charge in [-0.3, -0.25) is 4.79 Å². The van der Waals surface area contributed by atoms with Crippen LogP contribution in [0.5, 0.6) is 0 Å². The number of nitrogens with one attached hydrogen (secondary N) is 1. The first-order valence-corrected chi connectivity index (χ1v) is 7.72. The molecule has 0 aliphatic heterocycles. The van der Waals surface area contributed by atoms with Crippen LogP contribution in [0, 0.1) is 5.82 Å². The third-order valence-electron chi connectivity index (χ3n) is 3.71. The van der Waals surface area contributed by atoms with Crippen LogP contribution >= 0.6 is 11.6 Å². The molecule has 6 heteroatoms. The Bertz CT molecular complexity index is 861. The molecule has 1 N–H and O–H groups in total. The maximum absolute atomic E-state index is 13.0. The second kappa shape index (κ2) is 6.84. The largest absolute Gasteiger partial charge is 0.338 e. The second-order valence-corrected chi connectivity index (χ2v) is 5.74. The van der Waals surface area contributed by atoms with Gasteiger partial charge >= 0.3 is 0 Å². The van der Waals surface area contributed by atoms with Crippen molar-refractivity contribution in [1.82, 2.24) is 14.9 Å². The van der Waals surface area contributed by atoms with E-state index in [0.29, 0.717) is 16.4 Å². The van der Waals surface area contributed by atoms with Gasteiger partial charge in [0.1, 0.15) is 17.7 Å². The number of hydrogen-bond donors (Lipinski definition) is 1. The normalized spacial score (nSPS) is 12.0. The minimum absolute atomic E-state index is 0.331. The van der Waals surface area contributed by atoms with Gasteiger partial charge in [0, 0.05) is 35.6 Å². The van der Waals surface area contributed by atoms with Crippen LogP contribution < -0.4 is 5.32 Å². The fourth-order valence-electron chi connectivity index (χ4n) is 2.46. The Balaban J connectivity index is 1.97. The topological polar surface area (TPSA) is 46.9 Å². The number of carbonyl (C=O) groups is 1. The molecule has 3 rings (SSSR count). The van der Waals surface area contributed by atoms with Crippen molar-refractivity contribution in [2.45, 2.75) is 6.04 Å². The molecule has 1 heterocycles. The monoisotopic (exact) mass is 343 g/mol. The minimum Gasteiger partial charge on any atom is -0.338 e. The lowest BCUT2D eigenvalue weighted by atomic mass is 10.1. The molecule has 4 nitrogen and oxygen atoms in total. The average Bonchev–Trinajstić information content (AvgIpc) is 3.00. The standard InChI is InChI=1S/C18H15ClFN3O/c1-23-11-10-21-17(23)16(14-4-2-3-5-15(14)19)22-18(24)12-6-8-13(20)9-7-12/h2-11,16H,1H3,(H,22,24). The molecule has 1 atom stereocenters. The summed E-state index contributed by atoms with van der Waals surface area (Å²) >= 11 is 6.30. The van der Waals surface area contributed by atoms with Crippen molar-refractivity contribution in [2.75, 3.05) is 0 Å². The molecule has 0 fully saturated rings. The van der Waals surface area contributed by atoms with Crippen molar-refractivity contribution in [3.8, 4) is 0 Å². The van der Waals surface area contributed by atoms with E-state index in [9.17, 15) is 9.18 Å². The summed E-state index contributed by atoms with van der Waals surface area (Å²) in [4.78, 5) is 16.9. The van der Waals surface area contributed by atoms with Gasteiger partial charge in [-0.25, -0.2) is 9.37 Å². The molecule has 0 aliphatic rings. The van der Waals surface area contributed by atoms with Crippen LogP contribution in [0.3, 0.4) is 0 Å². The number of aromatic nitrogens is 2. The summed E-state index contributed by atoms with van der Waals surface area (Å²) in [6.07, 6.45) is 3.45. The number of imidazole rings is 1. The molecule has 0 bridgehead atoms. The summed E-state index contributed by atoms with van der Waals surface area (Å²) in [6, 6.07) is 12.1. The van der Waals surface area contributed by atoms with Crippen LogP contribution in [0.2, 0.25) is 5.02 Å². The van der Waals surface area contributed by atoms with E-state index in [0.717, 1.165) is 5.56 Å². The van der Waals surface area contributed by atoms with Crippen LogP contribution in [-0.2, 0) is 7.05 Å². The highest BCUT2D eigenvalue weighted by molar-refractivity contribution is 6.31. The Kier molecular flexibility index (Phi) is 4.62. The summed E-state index contributed by atoms with van der Waals surface area (Å²) in [5.41, 5.74) is 1.10.